The van der Waals surface area contributed by atoms with E-state index in [1.807, 2.05) is 29.2 Å². The number of para-hydroxylation sites is 2. The van der Waals surface area contributed by atoms with Gasteiger partial charge in [0.15, 0.2) is 11.5 Å². The molecule has 5 rings (SSSR count). The maximum absolute atomic E-state index is 14.1. The van der Waals surface area contributed by atoms with E-state index in [9.17, 15) is 14.0 Å². The summed E-state index contributed by atoms with van der Waals surface area (Å²) < 4.78 is 21.4. The number of carbonyl (C=O) groups is 1. The third-order valence-corrected chi connectivity index (χ3v) is 6.05. The molecule has 1 aliphatic heterocycles. The van der Waals surface area contributed by atoms with Gasteiger partial charge in [0, 0.05) is 31.4 Å². The number of benzene rings is 2. The molecule has 3 heterocycles. The molecule has 0 unspecified atom stereocenters. The number of primary amides is 1. The van der Waals surface area contributed by atoms with Crippen LogP contribution in [0, 0.1) is 5.82 Å². The number of amides is 1. The van der Waals surface area contributed by atoms with Crippen molar-refractivity contribution in [2.75, 3.05) is 18.0 Å². The molecule has 8 heteroatoms. The lowest BCUT2D eigenvalue weighted by molar-refractivity contribution is 0.0999. The molecule has 1 aliphatic rings. The zero-order chi connectivity index (χ0) is 21.7. The van der Waals surface area contributed by atoms with Crippen LogP contribution < -0.4 is 16.2 Å². The van der Waals surface area contributed by atoms with Gasteiger partial charge in [0.1, 0.15) is 16.9 Å². The first-order valence-corrected chi connectivity index (χ1v) is 10.2. The second kappa shape index (κ2) is 7.23. The van der Waals surface area contributed by atoms with Crippen molar-refractivity contribution in [3.05, 3.63) is 70.1 Å². The van der Waals surface area contributed by atoms with Crippen molar-refractivity contribution < 1.29 is 13.6 Å². The Labute approximate surface area is 176 Å². The molecule has 0 atom stereocenters. The van der Waals surface area contributed by atoms with Gasteiger partial charge in [-0.25, -0.2) is 9.37 Å². The van der Waals surface area contributed by atoms with Crippen molar-refractivity contribution in [2.24, 2.45) is 12.8 Å². The van der Waals surface area contributed by atoms with Crippen molar-refractivity contribution in [3.8, 4) is 0 Å². The summed E-state index contributed by atoms with van der Waals surface area (Å²) in [7, 11) is 1.55. The molecule has 1 saturated heterocycles. The van der Waals surface area contributed by atoms with Crippen LogP contribution in [0.4, 0.5) is 10.1 Å². The standard InChI is InChI=1S/C23H21FN4O3/c1-27-17-7-6-14(24)12-15(17)20(19(21(25)29)23(27)30)28-10-8-13(9-11-28)22-26-16-4-2-3-5-18(16)31-22/h2-7,12-13H,8-11H2,1H3,(H2,25,29). The predicted octanol–water partition coefficient (Wildman–Crippen LogP) is 3.30. The Morgan fingerprint density at radius 2 is 1.94 bits per heavy atom. The van der Waals surface area contributed by atoms with Crippen molar-refractivity contribution in [1.82, 2.24) is 9.55 Å². The highest BCUT2D eigenvalue weighted by molar-refractivity contribution is 6.07. The Morgan fingerprint density at radius 1 is 1.19 bits per heavy atom. The average molecular weight is 420 g/mol. The molecule has 0 saturated carbocycles. The normalized spacial score (nSPS) is 15.1. The summed E-state index contributed by atoms with van der Waals surface area (Å²) in [5, 5.41) is 0.496. The van der Waals surface area contributed by atoms with E-state index in [0.717, 1.165) is 23.9 Å². The zero-order valence-electron chi connectivity index (χ0n) is 17.0. The fourth-order valence-corrected chi connectivity index (χ4v) is 4.47. The highest BCUT2D eigenvalue weighted by atomic mass is 19.1. The summed E-state index contributed by atoms with van der Waals surface area (Å²) in [5.41, 5.74) is 7.52. The number of pyridine rings is 1. The molecule has 1 fully saturated rings. The van der Waals surface area contributed by atoms with Gasteiger partial charge < -0.3 is 19.6 Å². The fourth-order valence-electron chi connectivity index (χ4n) is 4.47. The van der Waals surface area contributed by atoms with Gasteiger partial charge in [-0.05, 0) is 43.2 Å². The van der Waals surface area contributed by atoms with E-state index in [0.29, 0.717) is 35.6 Å². The summed E-state index contributed by atoms with van der Waals surface area (Å²) in [6, 6.07) is 11.8. The van der Waals surface area contributed by atoms with Crippen molar-refractivity contribution >= 4 is 33.6 Å². The fraction of sp³-hybridized carbons (Fsp3) is 0.261. The number of aromatic nitrogens is 2. The first kappa shape index (κ1) is 19.3. The number of nitrogens with two attached hydrogens (primary N) is 1. The number of fused-ring (bicyclic) bond motifs is 2. The molecule has 2 aromatic heterocycles. The van der Waals surface area contributed by atoms with Gasteiger partial charge in [-0.15, -0.1) is 0 Å². The molecule has 0 aliphatic carbocycles. The Bertz CT molecular complexity index is 1350. The third kappa shape index (κ3) is 3.15. The minimum absolute atomic E-state index is 0.110. The van der Waals surface area contributed by atoms with E-state index in [1.54, 1.807) is 13.1 Å². The number of halogens is 1. The number of hydrogen-bond acceptors (Lipinski definition) is 5. The van der Waals surface area contributed by atoms with E-state index >= 15 is 0 Å². The molecular formula is C23H21FN4O3. The van der Waals surface area contributed by atoms with Crippen LogP contribution >= 0.6 is 0 Å². The van der Waals surface area contributed by atoms with Gasteiger partial charge >= 0.3 is 0 Å². The lowest BCUT2D eigenvalue weighted by Crippen LogP contribution is -2.38. The number of aryl methyl sites for hydroxylation is 1. The number of anilines is 1. The Morgan fingerprint density at radius 3 is 2.65 bits per heavy atom. The molecule has 0 spiro atoms. The van der Waals surface area contributed by atoms with Crippen molar-refractivity contribution in [1.29, 1.82) is 0 Å². The highest BCUT2D eigenvalue weighted by Gasteiger charge is 2.29. The van der Waals surface area contributed by atoms with E-state index in [4.69, 9.17) is 10.2 Å². The van der Waals surface area contributed by atoms with E-state index in [-0.39, 0.29) is 11.5 Å². The van der Waals surface area contributed by atoms with Crippen LogP contribution in [-0.4, -0.2) is 28.5 Å². The van der Waals surface area contributed by atoms with E-state index < -0.39 is 17.3 Å². The zero-order valence-corrected chi connectivity index (χ0v) is 17.0. The number of nitrogens with zero attached hydrogens (tertiary/aromatic N) is 3. The molecule has 2 N–H and O–H groups in total. The number of carbonyl (C=O) groups excluding carboxylic acids is 1. The largest absolute Gasteiger partial charge is 0.440 e. The second-order valence-electron chi connectivity index (χ2n) is 7.89. The predicted molar refractivity (Wildman–Crippen MR) is 116 cm³/mol. The monoisotopic (exact) mass is 420 g/mol. The van der Waals surface area contributed by atoms with Gasteiger partial charge in [0.25, 0.3) is 11.5 Å². The topological polar surface area (TPSA) is 94.4 Å². The Hall–Kier alpha value is -3.68. The van der Waals surface area contributed by atoms with Gasteiger partial charge in [-0.3, -0.25) is 9.59 Å². The minimum atomic E-state index is -0.817. The van der Waals surface area contributed by atoms with E-state index in [1.165, 1.54) is 16.7 Å². The lowest BCUT2D eigenvalue weighted by atomic mass is 9.95. The van der Waals surface area contributed by atoms with Crippen LogP contribution in [0.3, 0.4) is 0 Å². The molecule has 0 radical (unpaired) electrons. The summed E-state index contributed by atoms with van der Waals surface area (Å²) in [4.78, 5) is 31.6. The van der Waals surface area contributed by atoms with Crippen molar-refractivity contribution in [2.45, 2.75) is 18.8 Å². The second-order valence-corrected chi connectivity index (χ2v) is 7.89. The van der Waals surface area contributed by atoms with Crippen molar-refractivity contribution in [3.63, 3.8) is 0 Å². The van der Waals surface area contributed by atoms with Crippen LogP contribution in [0.25, 0.3) is 22.0 Å². The SMILES string of the molecule is Cn1c(=O)c(C(N)=O)c(N2CCC(c3nc4ccccc4o3)CC2)c2cc(F)ccc21. The smallest absolute Gasteiger partial charge is 0.265 e. The lowest BCUT2D eigenvalue weighted by Gasteiger charge is -2.34. The third-order valence-electron chi connectivity index (χ3n) is 6.05. The average Bonchev–Trinajstić information content (AvgIpc) is 3.20. The molecule has 31 heavy (non-hydrogen) atoms. The molecule has 158 valence electrons. The molecular weight excluding hydrogens is 399 g/mol. The maximum atomic E-state index is 14.1. The summed E-state index contributed by atoms with van der Waals surface area (Å²) in [6.45, 7) is 1.12. The summed E-state index contributed by atoms with van der Waals surface area (Å²) >= 11 is 0. The quantitative estimate of drug-likeness (QED) is 0.549. The number of rotatable bonds is 3. The summed E-state index contributed by atoms with van der Waals surface area (Å²) in [5.74, 6) is -0.446. The van der Waals surface area contributed by atoms with Crippen LogP contribution in [0.15, 0.2) is 51.7 Å². The first-order chi connectivity index (χ1) is 14.9. The number of hydrogen-bond donors (Lipinski definition) is 1. The number of piperidine rings is 1. The molecule has 2 aromatic carbocycles. The minimum Gasteiger partial charge on any atom is -0.440 e. The molecule has 7 nitrogen and oxygen atoms in total. The Kier molecular flexibility index (Phi) is 4.50. The highest BCUT2D eigenvalue weighted by Crippen LogP contribution is 2.35. The van der Waals surface area contributed by atoms with Crippen LogP contribution in [-0.2, 0) is 7.05 Å². The van der Waals surface area contributed by atoms with Gasteiger partial charge in [-0.2, -0.15) is 0 Å². The molecule has 1 amide bonds. The Balaban J connectivity index is 1.54. The number of oxazole rings is 1. The van der Waals surface area contributed by atoms with Gasteiger partial charge in [-0.1, -0.05) is 12.1 Å². The van der Waals surface area contributed by atoms with Crippen LogP contribution in [0.1, 0.15) is 35.0 Å². The van der Waals surface area contributed by atoms with Gasteiger partial charge in [0.05, 0.1) is 11.2 Å². The maximum Gasteiger partial charge on any atom is 0.265 e. The molecule has 4 aromatic rings. The van der Waals surface area contributed by atoms with E-state index in [2.05, 4.69) is 4.98 Å². The molecule has 0 bridgehead atoms. The first-order valence-electron chi connectivity index (χ1n) is 10.2. The van der Waals surface area contributed by atoms with Crippen LogP contribution in [0.2, 0.25) is 0 Å². The van der Waals surface area contributed by atoms with Gasteiger partial charge in [0.2, 0.25) is 0 Å². The van der Waals surface area contributed by atoms with Crippen LogP contribution in [0.5, 0.6) is 0 Å². The summed E-state index contributed by atoms with van der Waals surface area (Å²) in [6.07, 6.45) is 1.44.